The Hall–Kier alpha value is -2.08. The summed E-state index contributed by atoms with van der Waals surface area (Å²) >= 11 is 0. The zero-order valence-corrected chi connectivity index (χ0v) is 12.0. The third-order valence-corrected chi connectivity index (χ3v) is 2.88. The van der Waals surface area contributed by atoms with Crippen molar-refractivity contribution in [2.24, 2.45) is 5.73 Å². The minimum atomic E-state index is -0.701. The second kappa shape index (κ2) is 9.77. The molecule has 1 atom stereocenters. The molecule has 0 radical (unpaired) electrons. The summed E-state index contributed by atoms with van der Waals surface area (Å²) in [5, 5.41) is 12.1. The molecule has 4 N–H and O–H groups in total. The SMILES string of the molecule is NC(=O)CC(O)CCCCNC(=O)OCc1ccccc1. The molecule has 0 aliphatic rings. The van der Waals surface area contributed by atoms with Crippen LogP contribution >= 0.6 is 0 Å². The van der Waals surface area contributed by atoms with E-state index in [2.05, 4.69) is 5.32 Å². The van der Waals surface area contributed by atoms with Crippen LogP contribution in [0.5, 0.6) is 0 Å². The number of unbranched alkanes of at least 4 members (excludes halogenated alkanes) is 1. The van der Waals surface area contributed by atoms with Crippen molar-refractivity contribution in [3.05, 3.63) is 35.9 Å². The highest BCUT2D eigenvalue weighted by molar-refractivity contribution is 5.74. The lowest BCUT2D eigenvalue weighted by molar-refractivity contribution is -0.119. The predicted molar refractivity (Wildman–Crippen MR) is 78.3 cm³/mol. The zero-order chi connectivity index (χ0) is 15.5. The molecule has 0 fully saturated rings. The van der Waals surface area contributed by atoms with Crippen LogP contribution in [0.2, 0.25) is 0 Å². The molecule has 0 bridgehead atoms. The monoisotopic (exact) mass is 294 g/mol. The smallest absolute Gasteiger partial charge is 0.407 e. The molecule has 0 aliphatic heterocycles. The number of aliphatic hydroxyl groups excluding tert-OH is 1. The van der Waals surface area contributed by atoms with Crippen LogP contribution in [0.15, 0.2) is 30.3 Å². The van der Waals surface area contributed by atoms with E-state index >= 15 is 0 Å². The minimum Gasteiger partial charge on any atom is -0.445 e. The third-order valence-electron chi connectivity index (χ3n) is 2.88. The Labute approximate surface area is 124 Å². The molecule has 116 valence electrons. The van der Waals surface area contributed by atoms with E-state index in [9.17, 15) is 14.7 Å². The predicted octanol–water partition coefficient (Wildman–Crippen LogP) is 1.32. The van der Waals surface area contributed by atoms with Crippen molar-refractivity contribution in [3.63, 3.8) is 0 Å². The van der Waals surface area contributed by atoms with E-state index in [4.69, 9.17) is 10.5 Å². The number of nitrogens with one attached hydrogen (secondary N) is 1. The van der Waals surface area contributed by atoms with Crippen molar-refractivity contribution in [2.45, 2.75) is 38.4 Å². The number of primary amides is 1. The first kappa shape index (κ1) is 17.0. The van der Waals surface area contributed by atoms with E-state index in [1.807, 2.05) is 30.3 Å². The number of benzene rings is 1. The van der Waals surface area contributed by atoms with Gasteiger partial charge in [-0.05, 0) is 24.8 Å². The summed E-state index contributed by atoms with van der Waals surface area (Å²) in [6.07, 6.45) is 0.712. The maximum Gasteiger partial charge on any atom is 0.407 e. The van der Waals surface area contributed by atoms with Gasteiger partial charge in [0, 0.05) is 6.54 Å². The van der Waals surface area contributed by atoms with Gasteiger partial charge in [-0.3, -0.25) is 4.79 Å². The first-order chi connectivity index (χ1) is 10.1. The van der Waals surface area contributed by atoms with Crippen molar-refractivity contribution in [3.8, 4) is 0 Å². The summed E-state index contributed by atoms with van der Waals surface area (Å²) in [6.45, 7) is 0.709. The Morgan fingerprint density at radius 3 is 2.62 bits per heavy atom. The van der Waals surface area contributed by atoms with E-state index in [1.165, 1.54) is 0 Å². The first-order valence-corrected chi connectivity index (χ1v) is 6.99. The van der Waals surface area contributed by atoms with Crippen molar-refractivity contribution in [1.82, 2.24) is 5.32 Å². The van der Waals surface area contributed by atoms with Crippen LogP contribution in [0, 0.1) is 0 Å². The van der Waals surface area contributed by atoms with E-state index in [0.717, 1.165) is 5.56 Å². The van der Waals surface area contributed by atoms with Gasteiger partial charge >= 0.3 is 6.09 Å². The number of aliphatic hydroxyl groups is 1. The lowest BCUT2D eigenvalue weighted by Gasteiger charge is -2.09. The van der Waals surface area contributed by atoms with Crippen LogP contribution in [-0.4, -0.2) is 29.8 Å². The van der Waals surface area contributed by atoms with Gasteiger partial charge in [0.2, 0.25) is 5.91 Å². The highest BCUT2D eigenvalue weighted by Gasteiger charge is 2.07. The molecule has 1 unspecified atom stereocenters. The number of hydrogen-bond acceptors (Lipinski definition) is 4. The van der Waals surface area contributed by atoms with E-state index in [1.54, 1.807) is 0 Å². The summed E-state index contributed by atoms with van der Waals surface area (Å²) in [7, 11) is 0. The molecule has 0 aromatic heterocycles. The molecule has 0 aliphatic carbocycles. The summed E-state index contributed by atoms with van der Waals surface area (Å²) in [4.78, 5) is 22.0. The molecule has 2 amide bonds. The molecule has 21 heavy (non-hydrogen) atoms. The molecule has 0 saturated heterocycles. The Balaban J connectivity index is 2.02. The molecule has 0 spiro atoms. The van der Waals surface area contributed by atoms with Gasteiger partial charge in [-0.2, -0.15) is 0 Å². The van der Waals surface area contributed by atoms with E-state index < -0.39 is 18.1 Å². The molecule has 1 aromatic rings. The van der Waals surface area contributed by atoms with Gasteiger partial charge in [0.15, 0.2) is 0 Å². The maximum absolute atomic E-state index is 11.4. The van der Waals surface area contributed by atoms with Gasteiger partial charge in [0.1, 0.15) is 6.61 Å². The van der Waals surface area contributed by atoms with Gasteiger partial charge in [-0.25, -0.2) is 4.79 Å². The van der Waals surface area contributed by atoms with Crippen molar-refractivity contribution in [2.75, 3.05) is 6.54 Å². The fraction of sp³-hybridized carbons (Fsp3) is 0.467. The molecular formula is C15H22N2O4. The van der Waals surface area contributed by atoms with Crippen molar-refractivity contribution < 1.29 is 19.4 Å². The number of ether oxygens (including phenoxy) is 1. The third kappa shape index (κ3) is 8.65. The molecule has 1 rings (SSSR count). The Morgan fingerprint density at radius 1 is 1.24 bits per heavy atom. The van der Waals surface area contributed by atoms with E-state index in [-0.39, 0.29) is 13.0 Å². The normalized spacial score (nSPS) is 11.7. The van der Waals surface area contributed by atoms with Gasteiger partial charge in [0.05, 0.1) is 12.5 Å². The van der Waals surface area contributed by atoms with Crippen LogP contribution in [-0.2, 0) is 16.1 Å². The van der Waals surface area contributed by atoms with Gasteiger partial charge in [-0.1, -0.05) is 30.3 Å². The standard InChI is InChI=1S/C15H22N2O4/c16-14(19)10-13(18)8-4-5-9-17-15(20)21-11-12-6-2-1-3-7-12/h1-3,6-7,13,18H,4-5,8-11H2,(H2,16,19)(H,17,20). The Kier molecular flexibility index (Phi) is 7.89. The maximum atomic E-state index is 11.4. The molecule has 6 nitrogen and oxygen atoms in total. The average molecular weight is 294 g/mol. The van der Waals surface area contributed by atoms with Crippen LogP contribution in [0.1, 0.15) is 31.2 Å². The lowest BCUT2D eigenvalue weighted by Crippen LogP contribution is -2.25. The van der Waals surface area contributed by atoms with Gasteiger partial charge < -0.3 is 20.9 Å². The topological polar surface area (TPSA) is 102 Å². The second-order valence-corrected chi connectivity index (χ2v) is 4.81. The number of carbonyl (C=O) groups is 2. The zero-order valence-electron chi connectivity index (χ0n) is 12.0. The Bertz CT molecular complexity index is 437. The fourth-order valence-electron chi connectivity index (χ4n) is 1.80. The largest absolute Gasteiger partial charge is 0.445 e. The quantitative estimate of drug-likeness (QED) is 0.598. The lowest BCUT2D eigenvalue weighted by atomic mass is 10.1. The van der Waals surface area contributed by atoms with Gasteiger partial charge in [-0.15, -0.1) is 0 Å². The van der Waals surface area contributed by atoms with Crippen LogP contribution in [0.25, 0.3) is 0 Å². The highest BCUT2D eigenvalue weighted by Crippen LogP contribution is 2.04. The fourth-order valence-corrected chi connectivity index (χ4v) is 1.80. The summed E-state index contributed by atoms with van der Waals surface area (Å²) < 4.78 is 5.05. The summed E-state index contributed by atoms with van der Waals surface area (Å²) in [5.74, 6) is -0.509. The Morgan fingerprint density at radius 2 is 1.95 bits per heavy atom. The molecule has 0 saturated carbocycles. The summed E-state index contributed by atoms with van der Waals surface area (Å²) in [5.41, 5.74) is 5.90. The van der Waals surface area contributed by atoms with Gasteiger partial charge in [0.25, 0.3) is 0 Å². The number of carbonyl (C=O) groups excluding carboxylic acids is 2. The van der Waals surface area contributed by atoms with Crippen LogP contribution in [0.4, 0.5) is 4.79 Å². The molecule has 1 aromatic carbocycles. The summed E-state index contributed by atoms with van der Waals surface area (Å²) in [6, 6.07) is 9.43. The number of hydrogen-bond donors (Lipinski definition) is 3. The van der Waals surface area contributed by atoms with Crippen molar-refractivity contribution in [1.29, 1.82) is 0 Å². The average Bonchev–Trinajstić information content (AvgIpc) is 2.45. The number of nitrogens with two attached hydrogens (primary N) is 1. The second-order valence-electron chi connectivity index (χ2n) is 4.81. The molecule has 0 heterocycles. The van der Waals surface area contributed by atoms with Crippen molar-refractivity contribution >= 4 is 12.0 Å². The molecular weight excluding hydrogens is 272 g/mol. The number of rotatable bonds is 9. The van der Waals surface area contributed by atoms with Crippen LogP contribution < -0.4 is 11.1 Å². The first-order valence-electron chi connectivity index (χ1n) is 6.99. The van der Waals surface area contributed by atoms with Crippen LogP contribution in [0.3, 0.4) is 0 Å². The molecule has 6 heteroatoms. The highest BCUT2D eigenvalue weighted by atomic mass is 16.5. The number of alkyl carbamates (subject to hydrolysis) is 1. The minimum absolute atomic E-state index is 0.0213. The van der Waals surface area contributed by atoms with E-state index in [0.29, 0.717) is 25.8 Å². The number of amides is 2.